The number of nitrogens with one attached hydrogen (secondary N) is 2. The number of hydrogen-bond acceptors (Lipinski definition) is 3. The summed E-state index contributed by atoms with van der Waals surface area (Å²) in [6, 6.07) is 7.53. The Kier molecular flexibility index (Phi) is 6.50. The van der Waals surface area contributed by atoms with Gasteiger partial charge in [0.1, 0.15) is 0 Å². The lowest BCUT2D eigenvalue weighted by atomic mass is 10.2. The number of aliphatic hydroxyl groups is 1. The highest BCUT2D eigenvalue weighted by molar-refractivity contribution is 7.97. The van der Waals surface area contributed by atoms with Crippen LogP contribution in [0.2, 0.25) is 0 Å². The molecule has 0 heterocycles. The van der Waals surface area contributed by atoms with Gasteiger partial charge in [0, 0.05) is 24.6 Å². The Balaban J connectivity index is 2.37. The molecule has 1 rings (SSSR count). The SMILES string of the molecule is CSCc1ccc(NC(=O)NCCCO)cc1. The monoisotopic (exact) mass is 254 g/mol. The van der Waals surface area contributed by atoms with Crippen LogP contribution in [0, 0.1) is 0 Å². The van der Waals surface area contributed by atoms with Gasteiger partial charge >= 0.3 is 6.03 Å². The van der Waals surface area contributed by atoms with Gasteiger partial charge in [-0.25, -0.2) is 4.79 Å². The summed E-state index contributed by atoms with van der Waals surface area (Å²) in [5, 5.41) is 14.0. The number of carbonyl (C=O) groups is 1. The van der Waals surface area contributed by atoms with Crippen molar-refractivity contribution in [3.05, 3.63) is 29.8 Å². The molecule has 5 heteroatoms. The van der Waals surface area contributed by atoms with E-state index in [1.54, 1.807) is 11.8 Å². The van der Waals surface area contributed by atoms with Crippen molar-refractivity contribution in [2.24, 2.45) is 0 Å². The zero-order chi connectivity index (χ0) is 12.5. The Hall–Kier alpha value is -1.20. The Bertz CT molecular complexity index is 341. The number of urea groups is 1. The zero-order valence-corrected chi connectivity index (χ0v) is 10.7. The average Bonchev–Trinajstić information content (AvgIpc) is 2.32. The number of benzene rings is 1. The molecule has 2 amide bonds. The highest BCUT2D eigenvalue weighted by Crippen LogP contribution is 2.13. The molecule has 0 bridgehead atoms. The van der Waals surface area contributed by atoms with Crippen molar-refractivity contribution in [3.63, 3.8) is 0 Å². The molecule has 3 N–H and O–H groups in total. The molecule has 0 radical (unpaired) electrons. The summed E-state index contributed by atoms with van der Waals surface area (Å²) in [5.41, 5.74) is 2.01. The molecule has 0 saturated carbocycles. The second-order valence-corrected chi connectivity index (χ2v) is 4.45. The minimum atomic E-state index is -0.240. The summed E-state index contributed by atoms with van der Waals surface area (Å²) in [4.78, 5) is 11.4. The summed E-state index contributed by atoms with van der Waals surface area (Å²) >= 11 is 1.76. The van der Waals surface area contributed by atoms with Crippen LogP contribution in [0.4, 0.5) is 10.5 Å². The maximum absolute atomic E-state index is 11.4. The van der Waals surface area contributed by atoms with E-state index in [1.807, 2.05) is 24.3 Å². The Morgan fingerprint density at radius 3 is 2.65 bits per heavy atom. The zero-order valence-electron chi connectivity index (χ0n) is 9.90. The number of anilines is 1. The molecular formula is C12H18N2O2S. The molecule has 1 aromatic rings. The van der Waals surface area contributed by atoms with Crippen molar-refractivity contribution < 1.29 is 9.90 Å². The van der Waals surface area contributed by atoms with Crippen molar-refractivity contribution in [2.45, 2.75) is 12.2 Å². The Labute approximate surface area is 106 Å². The molecular weight excluding hydrogens is 236 g/mol. The lowest BCUT2D eigenvalue weighted by Gasteiger charge is -2.07. The molecule has 0 aliphatic heterocycles. The quantitative estimate of drug-likeness (QED) is 0.681. The first kappa shape index (κ1) is 13.9. The highest BCUT2D eigenvalue weighted by atomic mass is 32.2. The van der Waals surface area contributed by atoms with Crippen LogP contribution in [0.3, 0.4) is 0 Å². The predicted molar refractivity (Wildman–Crippen MR) is 72.4 cm³/mol. The smallest absolute Gasteiger partial charge is 0.319 e. The largest absolute Gasteiger partial charge is 0.396 e. The molecule has 0 unspecified atom stereocenters. The second-order valence-electron chi connectivity index (χ2n) is 3.59. The van der Waals surface area contributed by atoms with E-state index in [1.165, 1.54) is 5.56 Å². The van der Waals surface area contributed by atoms with Crippen molar-refractivity contribution in [1.82, 2.24) is 5.32 Å². The normalized spacial score (nSPS) is 10.0. The summed E-state index contributed by atoms with van der Waals surface area (Å²) in [7, 11) is 0. The van der Waals surface area contributed by atoms with Crippen LogP contribution in [0.5, 0.6) is 0 Å². The van der Waals surface area contributed by atoms with E-state index in [4.69, 9.17) is 5.11 Å². The summed E-state index contributed by atoms with van der Waals surface area (Å²) < 4.78 is 0. The van der Waals surface area contributed by atoms with Gasteiger partial charge in [-0.3, -0.25) is 0 Å². The Morgan fingerprint density at radius 1 is 1.35 bits per heavy atom. The van der Waals surface area contributed by atoms with Crippen LogP contribution >= 0.6 is 11.8 Å². The minimum Gasteiger partial charge on any atom is -0.396 e. The number of thioether (sulfide) groups is 1. The molecule has 0 atom stereocenters. The van der Waals surface area contributed by atoms with Crippen LogP contribution in [-0.4, -0.2) is 30.5 Å². The minimum absolute atomic E-state index is 0.0870. The van der Waals surface area contributed by atoms with Crippen molar-refractivity contribution in [1.29, 1.82) is 0 Å². The highest BCUT2D eigenvalue weighted by Gasteiger charge is 2.00. The maximum atomic E-state index is 11.4. The molecule has 94 valence electrons. The molecule has 17 heavy (non-hydrogen) atoms. The fourth-order valence-electron chi connectivity index (χ4n) is 1.31. The summed E-state index contributed by atoms with van der Waals surface area (Å²) in [6.07, 6.45) is 2.63. The van der Waals surface area contributed by atoms with Crippen LogP contribution in [0.15, 0.2) is 24.3 Å². The van der Waals surface area contributed by atoms with Gasteiger partial charge in [-0.05, 0) is 30.4 Å². The molecule has 0 spiro atoms. The number of carbonyl (C=O) groups excluding carboxylic acids is 1. The standard InChI is InChI=1S/C12H18N2O2S/c1-17-9-10-3-5-11(6-4-10)14-12(16)13-7-2-8-15/h3-6,15H,2,7-9H2,1H3,(H2,13,14,16). The number of aliphatic hydroxyl groups excluding tert-OH is 1. The molecule has 0 aromatic heterocycles. The van der Waals surface area contributed by atoms with Gasteiger partial charge < -0.3 is 15.7 Å². The van der Waals surface area contributed by atoms with E-state index in [0.717, 1.165) is 11.4 Å². The van der Waals surface area contributed by atoms with E-state index >= 15 is 0 Å². The van der Waals surface area contributed by atoms with Crippen LogP contribution in [-0.2, 0) is 5.75 Å². The van der Waals surface area contributed by atoms with Gasteiger partial charge in [-0.15, -0.1) is 0 Å². The molecule has 0 saturated heterocycles. The number of rotatable bonds is 6. The van der Waals surface area contributed by atoms with Crippen LogP contribution in [0.1, 0.15) is 12.0 Å². The third kappa shape index (κ3) is 5.60. The molecule has 4 nitrogen and oxygen atoms in total. The van der Waals surface area contributed by atoms with E-state index in [2.05, 4.69) is 16.9 Å². The van der Waals surface area contributed by atoms with Crippen molar-refractivity contribution >= 4 is 23.5 Å². The van der Waals surface area contributed by atoms with Gasteiger partial charge in [0.15, 0.2) is 0 Å². The van der Waals surface area contributed by atoms with E-state index in [0.29, 0.717) is 13.0 Å². The van der Waals surface area contributed by atoms with Gasteiger partial charge in [0.2, 0.25) is 0 Å². The fourth-order valence-corrected chi connectivity index (χ4v) is 1.83. The third-order valence-electron chi connectivity index (χ3n) is 2.14. The predicted octanol–water partition coefficient (Wildman–Crippen LogP) is 2.05. The van der Waals surface area contributed by atoms with Crippen LogP contribution < -0.4 is 10.6 Å². The van der Waals surface area contributed by atoms with Crippen molar-refractivity contribution in [3.8, 4) is 0 Å². The summed E-state index contributed by atoms with van der Waals surface area (Å²) in [5.74, 6) is 0.975. The van der Waals surface area contributed by atoms with E-state index in [9.17, 15) is 4.79 Å². The molecule has 1 aromatic carbocycles. The van der Waals surface area contributed by atoms with Crippen molar-refractivity contribution in [2.75, 3.05) is 24.7 Å². The Morgan fingerprint density at radius 2 is 2.06 bits per heavy atom. The van der Waals surface area contributed by atoms with Gasteiger partial charge in [0.05, 0.1) is 0 Å². The fraction of sp³-hybridized carbons (Fsp3) is 0.417. The summed E-state index contributed by atoms with van der Waals surface area (Å²) in [6.45, 7) is 0.566. The third-order valence-corrected chi connectivity index (χ3v) is 2.77. The number of amides is 2. The maximum Gasteiger partial charge on any atom is 0.319 e. The first-order valence-electron chi connectivity index (χ1n) is 5.50. The second kappa shape index (κ2) is 7.97. The van der Waals surface area contributed by atoms with Crippen LogP contribution in [0.25, 0.3) is 0 Å². The molecule has 0 aliphatic carbocycles. The van der Waals surface area contributed by atoms with E-state index < -0.39 is 0 Å². The molecule has 0 aliphatic rings. The average molecular weight is 254 g/mol. The molecule has 0 fully saturated rings. The lowest BCUT2D eigenvalue weighted by Crippen LogP contribution is -2.29. The number of hydrogen-bond donors (Lipinski definition) is 3. The first-order chi connectivity index (χ1) is 8.26. The topological polar surface area (TPSA) is 61.4 Å². The van der Waals surface area contributed by atoms with Gasteiger partial charge in [0.25, 0.3) is 0 Å². The van der Waals surface area contributed by atoms with E-state index in [-0.39, 0.29) is 12.6 Å². The van der Waals surface area contributed by atoms with Gasteiger partial charge in [-0.1, -0.05) is 12.1 Å². The first-order valence-corrected chi connectivity index (χ1v) is 6.89. The lowest BCUT2D eigenvalue weighted by molar-refractivity contribution is 0.249. The van der Waals surface area contributed by atoms with Gasteiger partial charge in [-0.2, -0.15) is 11.8 Å².